The second-order valence-electron chi connectivity index (χ2n) is 9.25. The van der Waals surface area contributed by atoms with Crippen LogP contribution in [0.15, 0.2) is 157 Å². The normalized spacial score (nSPS) is 11.2. The van der Waals surface area contributed by atoms with Crippen molar-refractivity contribution in [1.29, 1.82) is 0 Å². The molecule has 0 atom stereocenters. The van der Waals surface area contributed by atoms with Crippen LogP contribution in [0.25, 0.3) is 28.1 Å². The summed E-state index contributed by atoms with van der Waals surface area (Å²) in [6.07, 6.45) is 1.75. The van der Waals surface area contributed by atoms with Crippen LogP contribution in [0, 0.1) is 0 Å². The highest BCUT2D eigenvalue weighted by molar-refractivity contribution is 6.13. The molecule has 0 aliphatic rings. The molecule has 0 fully saturated rings. The second-order valence-corrected chi connectivity index (χ2v) is 9.25. The largest absolute Gasteiger partial charge is 0.275 e. The van der Waals surface area contributed by atoms with Gasteiger partial charge in [0.15, 0.2) is 0 Å². The zero-order valence-corrected chi connectivity index (χ0v) is 21.7. The van der Waals surface area contributed by atoms with Gasteiger partial charge in [-0.25, -0.2) is 10.1 Å². The molecule has 0 saturated carbocycles. The Hall–Kier alpha value is -5.55. The average molecular weight is 519 g/mol. The highest BCUT2D eigenvalue weighted by Crippen LogP contribution is 2.24. The fraction of sp³-hybridized carbons (Fsp3) is 0. The molecule has 1 heterocycles. The van der Waals surface area contributed by atoms with Gasteiger partial charge in [0.1, 0.15) is 5.69 Å². The monoisotopic (exact) mass is 518 g/mol. The lowest BCUT2D eigenvalue weighted by atomic mass is 9.99. The van der Waals surface area contributed by atoms with Crippen molar-refractivity contribution < 1.29 is 4.79 Å². The number of carbonyl (C=O) groups excluding carboxylic acids is 1. The van der Waals surface area contributed by atoms with Gasteiger partial charge >= 0.3 is 0 Å². The summed E-state index contributed by atoms with van der Waals surface area (Å²) in [4.78, 5) is 13.6. The highest BCUT2D eigenvalue weighted by atomic mass is 16.2. The predicted molar refractivity (Wildman–Crippen MR) is 160 cm³/mol. The van der Waals surface area contributed by atoms with E-state index in [4.69, 9.17) is 5.10 Å². The molecule has 0 unspecified atom stereocenters. The number of benzene rings is 5. The molecule has 5 nitrogen and oxygen atoms in total. The highest BCUT2D eigenvalue weighted by Gasteiger charge is 2.19. The minimum Gasteiger partial charge on any atom is -0.267 e. The minimum atomic E-state index is -0.338. The van der Waals surface area contributed by atoms with Crippen LogP contribution in [0.2, 0.25) is 0 Å². The quantitative estimate of drug-likeness (QED) is 0.177. The van der Waals surface area contributed by atoms with Crippen molar-refractivity contribution in [2.45, 2.75) is 0 Å². The molecule has 0 aliphatic heterocycles. The van der Waals surface area contributed by atoms with Crippen molar-refractivity contribution in [2.24, 2.45) is 5.10 Å². The summed E-state index contributed by atoms with van der Waals surface area (Å²) in [5.41, 5.74) is 10.3. The summed E-state index contributed by atoms with van der Waals surface area (Å²) in [7, 11) is 0. The summed E-state index contributed by atoms with van der Waals surface area (Å²) in [6, 6.07) is 47.7. The van der Waals surface area contributed by atoms with Crippen LogP contribution >= 0.6 is 0 Å². The first-order valence-corrected chi connectivity index (χ1v) is 13.1. The van der Waals surface area contributed by atoms with Gasteiger partial charge in [-0.2, -0.15) is 10.2 Å². The zero-order valence-electron chi connectivity index (χ0n) is 21.7. The molecule has 0 radical (unpaired) electrons. The lowest BCUT2D eigenvalue weighted by molar-refractivity contribution is 0.0955. The maximum atomic E-state index is 13.6. The summed E-state index contributed by atoms with van der Waals surface area (Å²) < 4.78 is 1.72. The van der Waals surface area contributed by atoms with Crippen LogP contribution in [0.4, 0.5) is 0 Å². The number of hydrogen-bond donors (Lipinski definition) is 1. The first kappa shape index (κ1) is 24.8. The first-order valence-electron chi connectivity index (χ1n) is 13.1. The third-order valence-electron chi connectivity index (χ3n) is 6.61. The van der Waals surface area contributed by atoms with Crippen LogP contribution in [-0.2, 0) is 0 Å². The molecule has 1 aromatic heterocycles. The molecule has 40 heavy (non-hydrogen) atoms. The van der Waals surface area contributed by atoms with Gasteiger partial charge < -0.3 is 0 Å². The van der Waals surface area contributed by atoms with Crippen LogP contribution in [0.3, 0.4) is 0 Å². The van der Waals surface area contributed by atoms with Gasteiger partial charge in [0.25, 0.3) is 5.91 Å². The van der Waals surface area contributed by atoms with Gasteiger partial charge in [0.05, 0.1) is 17.0 Å². The van der Waals surface area contributed by atoms with Gasteiger partial charge in [-0.15, -0.1) is 0 Å². The first-order chi connectivity index (χ1) is 19.8. The Morgan fingerprint density at radius 2 is 1.07 bits per heavy atom. The Balaban J connectivity index is 1.36. The molecule has 0 saturated heterocycles. The maximum Gasteiger partial charge on any atom is 0.275 e. The number of nitrogens with zero attached hydrogens (tertiary/aromatic N) is 3. The predicted octanol–water partition coefficient (Wildman–Crippen LogP) is 7.39. The third-order valence-corrected chi connectivity index (χ3v) is 6.61. The van der Waals surface area contributed by atoms with E-state index in [1.54, 1.807) is 10.9 Å². The van der Waals surface area contributed by atoms with Crippen LogP contribution in [0.1, 0.15) is 21.5 Å². The number of hydrogen-bond acceptors (Lipinski definition) is 3. The Morgan fingerprint density at radius 3 is 1.70 bits per heavy atom. The number of nitrogens with one attached hydrogen (secondary N) is 1. The van der Waals surface area contributed by atoms with E-state index in [0.29, 0.717) is 17.0 Å². The Kier molecular flexibility index (Phi) is 7.09. The smallest absolute Gasteiger partial charge is 0.267 e. The van der Waals surface area contributed by atoms with E-state index in [9.17, 15) is 4.79 Å². The Labute approximate surface area is 233 Å². The van der Waals surface area contributed by atoms with Crippen LogP contribution in [0.5, 0.6) is 0 Å². The zero-order chi connectivity index (χ0) is 27.1. The summed E-state index contributed by atoms with van der Waals surface area (Å²) in [6.45, 7) is 0. The van der Waals surface area contributed by atoms with Crippen LogP contribution < -0.4 is 5.43 Å². The molecular weight excluding hydrogens is 492 g/mol. The standard InChI is InChI=1S/C35H26N4O/c40-35(32-25-39(31-19-11-4-12-20-31)38-34(32)29-17-9-3-10-18-29)37-36-33(28-15-7-2-8-16-28)30-23-21-27(22-24-30)26-13-5-1-6-14-26/h1-25H,(H,37,40). The van der Waals surface area contributed by atoms with Crippen molar-refractivity contribution in [3.63, 3.8) is 0 Å². The molecule has 192 valence electrons. The number of para-hydroxylation sites is 1. The molecule has 6 aromatic rings. The molecule has 6 rings (SSSR count). The minimum absolute atomic E-state index is 0.338. The summed E-state index contributed by atoms with van der Waals surface area (Å²) in [5, 5.41) is 9.40. The van der Waals surface area contributed by atoms with Crippen molar-refractivity contribution >= 4 is 11.6 Å². The summed E-state index contributed by atoms with van der Waals surface area (Å²) >= 11 is 0. The summed E-state index contributed by atoms with van der Waals surface area (Å²) in [5.74, 6) is -0.338. The molecule has 1 N–H and O–H groups in total. The lowest BCUT2D eigenvalue weighted by Crippen LogP contribution is -2.21. The van der Waals surface area contributed by atoms with E-state index >= 15 is 0 Å². The molecule has 5 heteroatoms. The number of hydrazone groups is 1. The fourth-order valence-corrected chi connectivity index (χ4v) is 4.57. The molecule has 0 bridgehead atoms. The fourth-order valence-electron chi connectivity index (χ4n) is 4.57. The Bertz CT molecular complexity index is 1740. The van der Waals surface area contributed by atoms with Gasteiger partial charge in [-0.1, -0.05) is 133 Å². The molecule has 0 spiro atoms. The molecular formula is C35H26N4O. The molecule has 1 amide bonds. The van der Waals surface area contributed by atoms with Crippen molar-refractivity contribution in [3.8, 4) is 28.1 Å². The average Bonchev–Trinajstić information content (AvgIpc) is 3.49. The van der Waals surface area contributed by atoms with E-state index in [1.807, 2.05) is 121 Å². The van der Waals surface area contributed by atoms with Crippen molar-refractivity contribution in [2.75, 3.05) is 0 Å². The third kappa shape index (κ3) is 5.35. The van der Waals surface area contributed by atoms with Gasteiger partial charge in [-0.05, 0) is 23.3 Å². The van der Waals surface area contributed by atoms with Crippen LogP contribution in [-0.4, -0.2) is 21.4 Å². The van der Waals surface area contributed by atoms with Gasteiger partial charge in [0.2, 0.25) is 0 Å². The van der Waals surface area contributed by atoms with Gasteiger partial charge in [0, 0.05) is 22.9 Å². The van der Waals surface area contributed by atoms with E-state index in [0.717, 1.165) is 33.5 Å². The second kappa shape index (κ2) is 11.5. The number of carbonyl (C=O) groups is 1. The Morgan fingerprint density at radius 1 is 0.575 bits per heavy atom. The van der Waals surface area contributed by atoms with Gasteiger partial charge in [-0.3, -0.25) is 4.79 Å². The van der Waals surface area contributed by atoms with E-state index in [1.165, 1.54) is 0 Å². The SMILES string of the molecule is O=C(NN=C(c1ccccc1)c1ccc(-c2ccccc2)cc1)c1cn(-c2ccccc2)nc1-c1ccccc1. The molecule has 0 aliphatic carbocycles. The van der Waals surface area contributed by atoms with Crippen molar-refractivity contribution in [3.05, 3.63) is 168 Å². The number of aromatic nitrogens is 2. The van der Waals surface area contributed by atoms with Crippen molar-refractivity contribution in [1.82, 2.24) is 15.2 Å². The van der Waals surface area contributed by atoms with E-state index in [2.05, 4.69) is 34.8 Å². The maximum absolute atomic E-state index is 13.6. The number of amides is 1. The topological polar surface area (TPSA) is 59.3 Å². The van der Waals surface area contributed by atoms with E-state index in [-0.39, 0.29) is 5.91 Å². The lowest BCUT2D eigenvalue weighted by Gasteiger charge is -2.10. The van der Waals surface area contributed by atoms with E-state index < -0.39 is 0 Å². The molecule has 5 aromatic carbocycles. The number of rotatable bonds is 7.